The fourth-order valence-electron chi connectivity index (χ4n) is 6.63. The quantitative estimate of drug-likeness (QED) is 0.0777. The van der Waals surface area contributed by atoms with Gasteiger partial charge >= 0.3 is 0 Å². The van der Waals surface area contributed by atoms with Crippen molar-refractivity contribution in [3.63, 3.8) is 0 Å². The third kappa shape index (κ3) is 11.1. The molecule has 3 aromatic rings. The van der Waals surface area contributed by atoms with Crippen molar-refractivity contribution in [1.82, 2.24) is 15.0 Å². The Balaban J connectivity index is 1.23. The van der Waals surface area contributed by atoms with Crippen LogP contribution in [0.15, 0.2) is 47.4 Å². The molecule has 13 N–H and O–H groups in total. The minimum absolute atomic E-state index is 0.0266. The number of nitrogens with one attached hydrogen (secondary N) is 3. The zero-order valence-electron chi connectivity index (χ0n) is 30.0. The molecule has 1 amide bonds. The molecule has 5 rings (SSSR count). The zero-order chi connectivity index (χ0) is 37.3. The molecule has 0 radical (unpaired) electrons. The first kappa shape index (κ1) is 38.9. The van der Waals surface area contributed by atoms with Crippen LogP contribution in [0.25, 0.3) is 0 Å². The molecule has 16 nitrogen and oxygen atoms in total. The van der Waals surface area contributed by atoms with E-state index >= 15 is 0 Å². The van der Waals surface area contributed by atoms with E-state index in [1.807, 2.05) is 9.80 Å². The number of nitrogen functional groups attached to an aromatic ring is 1. The first-order chi connectivity index (χ1) is 24.9. The van der Waals surface area contributed by atoms with Crippen molar-refractivity contribution in [3.05, 3.63) is 42.5 Å². The van der Waals surface area contributed by atoms with Crippen LogP contribution in [0.4, 0.5) is 40.6 Å². The Kier molecular flexibility index (Phi) is 13.4. The number of sulfonamides is 1. The number of hydrogen-bond acceptors (Lipinski definition) is 14. The second-order valence-electron chi connectivity index (χ2n) is 14.1. The van der Waals surface area contributed by atoms with Crippen molar-refractivity contribution in [3.8, 4) is 0 Å². The van der Waals surface area contributed by atoms with Crippen LogP contribution < -0.4 is 53.8 Å². The number of aromatic nitrogens is 3. The molecular formula is C35H55N13O3S. The summed E-state index contributed by atoms with van der Waals surface area (Å²) >= 11 is 0. The third-order valence-electron chi connectivity index (χ3n) is 9.22. The third-order valence-corrected chi connectivity index (χ3v) is 10.6. The Labute approximate surface area is 306 Å². The number of hydrogen-bond donors (Lipinski definition) is 8. The van der Waals surface area contributed by atoms with Gasteiger partial charge in [-0.1, -0.05) is 45.4 Å². The van der Waals surface area contributed by atoms with E-state index in [0.29, 0.717) is 68.7 Å². The Morgan fingerprint density at radius 1 is 0.750 bits per heavy atom. The normalized spacial score (nSPS) is 20.8. The van der Waals surface area contributed by atoms with Crippen LogP contribution in [0.2, 0.25) is 0 Å². The first-order valence-corrected chi connectivity index (χ1v) is 19.7. The van der Waals surface area contributed by atoms with E-state index in [1.54, 1.807) is 30.3 Å². The minimum atomic E-state index is -3.98. The van der Waals surface area contributed by atoms with Crippen molar-refractivity contribution in [1.29, 1.82) is 0 Å². The molecule has 52 heavy (non-hydrogen) atoms. The lowest BCUT2D eigenvalue weighted by Gasteiger charge is -2.37. The van der Waals surface area contributed by atoms with Gasteiger partial charge in [-0.15, -0.1) is 0 Å². The van der Waals surface area contributed by atoms with Gasteiger partial charge in [0.15, 0.2) is 0 Å². The highest BCUT2D eigenvalue weighted by Crippen LogP contribution is 2.29. The Morgan fingerprint density at radius 3 is 1.81 bits per heavy atom. The molecule has 0 spiro atoms. The Hall–Kier alpha value is -4.29. The maximum atomic E-state index is 13.3. The van der Waals surface area contributed by atoms with Crippen LogP contribution in [-0.4, -0.2) is 79.6 Å². The molecule has 2 saturated heterocycles. The molecule has 284 valence electrons. The summed E-state index contributed by atoms with van der Waals surface area (Å²) in [5, 5.41) is 6.03. The van der Waals surface area contributed by atoms with Gasteiger partial charge in [-0.05, 0) is 61.7 Å². The number of carbonyl (C=O) groups is 1. The number of amides is 1. The highest BCUT2D eigenvalue weighted by Gasteiger charge is 2.29. The molecule has 17 heteroatoms. The highest BCUT2D eigenvalue weighted by atomic mass is 32.2. The fourth-order valence-corrected chi connectivity index (χ4v) is 7.71. The summed E-state index contributed by atoms with van der Waals surface area (Å²) in [7, 11) is -3.98. The van der Waals surface area contributed by atoms with Gasteiger partial charge in [-0.3, -0.25) is 9.52 Å². The van der Waals surface area contributed by atoms with E-state index in [-0.39, 0.29) is 52.3 Å². The summed E-state index contributed by atoms with van der Waals surface area (Å²) in [6.07, 6.45) is 9.72. The van der Waals surface area contributed by atoms with E-state index in [9.17, 15) is 13.2 Å². The molecule has 2 aromatic carbocycles. The number of piperidine rings is 2. The van der Waals surface area contributed by atoms with Crippen molar-refractivity contribution in [2.75, 3.05) is 57.1 Å². The van der Waals surface area contributed by atoms with Crippen LogP contribution in [0.1, 0.15) is 71.1 Å². The van der Waals surface area contributed by atoms with Gasteiger partial charge in [0.1, 0.15) is 0 Å². The second-order valence-corrected chi connectivity index (χ2v) is 15.7. The molecule has 0 aliphatic carbocycles. The van der Waals surface area contributed by atoms with E-state index in [1.165, 1.54) is 37.8 Å². The molecule has 0 saturated carbocycles. The summed E-state index contributed by atoms with van der Waals surface area (Å²) < 4.78 is 29.1. The van der Waals surface area contributed by atoms with Crippen molar-refractivity contribution in [2.24, 2.45) is 22.9 Å². The number of nitrogens with two attached hydrogens (primary N) is 5. The standard InChI is InChI=1S/C35H55N13O3S/c1-2-3-4-5-6-7-8-9-32(49)41-27-10-13-29(14-11-27)52(50,51)46-31-15-12-28(18-30(31)40)42-33-43-34(47-19-23(36)16-24(37)20-47)45-35(44-33)48-21-25(38)17-26(39)22-48/h10-15,18,23-26,46H,2-9,16-17,19-22,36-40H2,1H3,(H,41,49)(H,42,43,44,45)/t23-,24+,25-,26+. The van der Waals surface area contributed by atoms with Gasteiger partial charge in [0.2, 0.25) is 23.8 Å². The maximum Gasteiger partial charge on any atom is 0.261 e. The van der Waals surface area contributed by atoms with E-state index in [2.05, 4.69) is 32.2 Å². The van der Waals surface area contributed by atoms with Crippen molar-refractivity contribution >= 4 is 56.5 Å². The fraction of sp³-hybridized carbons (Fsp3) is 0.543. The summed E-state index contributed by atoms with van der Waals surface area (Å²) in [5.74, 6) is 1.000. The van der Waals surface area contributed by atoms with Gasteiger partial charge in [-0.25, -0.2) is 8.42 Å². The van der Waals surface area contributed by atoms with E-state index in [0.717, 1.165) is 19.3 Å². The number of rotatable bonds is 16. The molecular weight excluding hydrogens is 683 g/mol. The largest absolute Gasteiger partial charge is 0.397 e. The number of nitrogens with zero attached hydrogens (tertiary/aromatic N) is 5. The summed E-state index contributed by atoms with van der Waals surface area (Å²) in [5.41, 5.74) is 32.8. The highest BCUT2D eigenvalue weighted by molar-refractivity contribution is 7.92. The average molecular weight is 738 g/mol. The van der Waals surface area contributed by atoms with Crippen LogP contribution in [0.5, 0.6) is 0 Å². The average Bonchev–Trinajstić information content (AvgIpc) is 3.08. The number of carbonyl (C=O) groups excluding carboxylic acids is 1. The summed E-state index contributed by atoms with van der Waals surface area (Å²) in [6, 6.07) is 10.3. The van der Waals surface area contributed by atoms with Gasteiger partial charge in [0, 0.05) is 68.1 Å². The van der Waals surface area contributed by atoms with Crippen molar-refractivity contribution < 1.29 is 13.2 Å². The number of anilines is 7. The first-order valence-electron chi connectivity index (χ1n) is 18.3. The van der Waals surface area contributed by atoms with E-state index < -0.39 is 10.0 Å². The molecule has 2 fully saturated rings. The lowest BCUT2D eigenvalue weighted by molar-refractivity contribution is -0.116. The SMILES string of the molecule is CCCCCCCCCC(=O)Nc1ccc(S(=O)(=O)Nc2ccc(Nc3nc(N4C[C@H](N)C[C@H](N)C4)nc(N4C[C@H](N)C[C@H](N)C4)n3)cc2N)cc1. The summed E-state index contributed by atoms with van der Waals surface area (Å²) in [4.78, 5) is 30.4. The molecule has 2 aliphatic heterocycles. The predicted molar refractivity (Wildman–Crippen MR) is 208 cm³/mol. The summed E-state index contributed by atoms with van der Waals surface area (Å²) in [6.45, 7) is 4.33. The van der Waals surface area contributed by atoms with Gasteiger partial charge in [-0.2, -0.15) is 15.0 Å². The Bertz CT molecular complexity index is 1680. The molecule has 0 unspecified atom stereocenters. The van der Waals surface area contributed by atoms with Crippen LogP contribution in [0.3, 0.4) is 0 Å². The van der Waals surface area contributed by atoms with Crippen LogP contribution >= 0.6 is 0 Å². The molecule has 0 bridgehead atoms. The van der Waals surface area contributed by atoms with Crippen molar-refractivity contribution in [2.45, 2.75) is 100 Å². The molecule has 3 heterocycles. The Morgan fingerprint density at radius 2 is 1.27 bits per heavy atom. The monoisotopic (exact) mass is 737 g/mol. The van der Waals surface area contributed by atoms with Crippen LogP contribution in [-0.2, 0) is 14.8 Å². The van der Waals surface area contributed by atoms with Crippen LogP contribution in [0, 0.1) is 0 Å². The van der Waals surface area contributed by atoms with Gasteiger partial charge < -0.3 is 49.1 Å². The molecule has 2 aliphatic rings. The number of benzene rings is 2. The lowest BCUT2D eigenvalue weighted by atomic mass is 10.0. The smallest absolute Gasteiger partial charge is 0.261 e. The predicted octanol–water partition coefficient (Wildman–Crippen LogP) is 2.81. The lowest BCUT2D eigenvalue weighted by Crippen LogP contribution is -2.54. The van der Waals surface area contributed by atoms with Gasteiger partial charge in [0.25, 0.3) is 10.0 Å². The topological polar surface area (TPSA) is 263 Å². The van der Waals surface area contributed by atoms with E-state index in [4.69, 9.17) is 33.7 Å². The maximum absolute atomic E-state index is 13.3. The second kappa shape index (κ2) is 18.0. The zero-order valence-corrected chi connectivity index (χ0v) is 30.8. The minimum Gasteiger partial charge on any atom is -0.397 e. The molecule has 1 aromatic heterocycles. The van der Waals surface area contributed by atoms with Gasteiger partial charge in [0.05, 0.1) is 16.3 Å². The number of unbranched alkanes of at least 4 members (excludes halogenated alkanes) is 6. The molecule has 4 atom stereocenters.